The summed E-state index contributed by atoms with van der Waals surface area (Å²) in [4.78, 5) is 0. The fraction of sp³-hybridized carbons (Fsp3) is 0.385. The molecule has 0 spiro atoms. The van der Waals surface area contributed by atoms with Gasteiger partial charge in [0, 0.05) is 5.56 Å². The number of benzene rings is 1. The zero-order valence-corrected chi connectivity index (χ0v) is 9.70. The molecule has 0 heterocycles. The number of hydrogen-bond acceptors (Lipinski definition) is 2. The Morgan fingerprint density at radius 1 is 1.41 bits per heavy atom. The number of aliphatic hydroxyl groups excluding tert-OH is 1. The first kappa shape index (κ1) is 13.6. The Morgan fingerprint density at radius 3 is 2.65 bits per heavy atom. The van der Waals surface area contributed by atoms with Crippen LogP contribution in [0.4, 0.5) is 8.78 Å². The standard InChI is InChI=1S/C13H16F2O2/c1-9(2)7-8-11(16)10-5-3-4-6-12(10)17-13(14)15/h3-6,11,13,16H,1,7-8H2,2H3. The summed E-state index contributed by atoms with van der Waals surface area (Å²) in [5, 5.41) is 9.90. The Hall–Kier alpha value is -1.42. The average molecular weight is 242 g/mol. The van der Waals surface area contributed by atoms with E-state index in [9.17, 15) is 13.9 Å². The van der Waals surface area contributed by atoms with Crippen LogP contribution in [-0.4, -0.2) is 11.7 Å². The first-order valence-corrected chi connectivity index (χ1v) is 5.37. The van der Waals surface area contributed by atoms with Crippen LogP contribution in [0.15, 0.2) is 36.4 Å². The van der Waals surface area contributed by atoms with E-state index in [0.717, 1.165) is 5.57 Å². The van der Waals surface area contributed by atoms with Crippen LogP contribution in [0.5, 0.6) is 5.75 Å². The van der Waals surface area contributed by atoms with Gasteiger partial charge < -0.3 is 9.84 Å². The van der Waals surface area contributed by atoms with Crippen LogP contribution in [0, 0.1) is 0 Å². The van der Waals surface area contributed by atoms with Gasteiger partial charge in [0.25, 0.3) is 0 Å². The number of hydrogen-bond donors (Lipinski definition) is 1. The Kier molecular flexibility index (Phi) is 5.10. The number of alkyl halides is 2. The summed E-state index contributed by atoms with van der Waals surface area (Å²) < 4.78 is 28.7. The number of ether oxygens (including phenoxy) is 1. The minimum absolute atomic E-state index is 0.0247. The fourth-order valence-corrected chi connectivity index (χ4v) is 1.50. The lowest BCUT2D eigenvalue weighted by Gasteiger charge is -2.15. The Balaban J connectivity index is 2.77. The topological polar surface area (TPSA) is 29.5 Å². The van der Waals surface area contributed by atoms with E-state index in [1.165, 1.54) is 6.07 Å². The molecule has 0 amide bonds. The van der Waals surface area contributed by atoms with Crippen LogP contribution in [0.2, 0.25) is 0 Å². The van der Waals surface area contributed by atoms with Gasteiger partial charge in [-0.15, -0.1) is 6.58 Å². The molecule has 1 rings (SSSR count). The summed E-state index contributed by atoms with van der Waals surface area (Å²) in [6, 6.07) is 6.27. The van der Waals surface area contributed by atoms with Crippen molar-refractivity contribution in [1.29, 1.82) is 0 Å². The number of halogens is 2. The van der Waals surface area contributed by atoms with E-state index in [4.69, 9.17) is 0 Å². The van der Waals surface area contributed by atoms with Crippen LogP contribution in [-0.2, 0) is 0 Å². The van der Waals surface area contributed by atoms with E-state index in [1.807, 2.05) is 6.92 Å². The molecule has 0 aliphatic rings. The molecule has 94 valence electrons. The van der Waals surface area contributed by atoms with Crippen LogP contribution in [0.25, 0.3) is 0 Å². The lowest BCUT2D eigenvalue weighted by Crippen LogP contribution is -2.07. The highest BCUT2D eigenvalue weighted by Gasteiger charge is 2.15. The average Bonchev–Trinajstić information content (AvgIpc) is 2.25. The molecule has 1 N–H and O–H groups in total. The number of aliphatic hydroxyl groups is 1. The maximum Gasteiger partial charge on any atom is 0.387 e. The molecule has 0 fully saturated rings. The van der Waals surface area contributed by atoms with Gasteiger partial charge in [-0.05, 0) is 25.8 Å². The summed E-state index contributed by atoms with van der Waals surface area (Å²) in [7, 11) is 0. The fourth-order valence-electron chi connectivity index (χ4n) is 1.50. The van der Waals surface area contributed by atoms with Crippen molar-refractivity contribution in [3.63, 3.8) is 0 Å². The van der Waals surface area contributed by atoms with Gasteiger partial charge in [-0.25, -0.2) is 0 Å². The number of allylic oxidation sites excluding steroid dienone is 1. The molecule has 0 bridgehead atoms. The molecule has 2 nitrogen and oxygen atoms in total. The molecule has 1 aromatic rings. The van der Waals surface area contributed by atoms with Crippen molar-refractivity contribution >= 4 is 0 Å². The maximum absolute atomic E-state index is 12.2. The normalized spacial score (nSPS) is 12.5. The second kappa shape index (κ2) is 6.35. The monoisotopic (exact) mass is 242 g/mol. The number of rotatable bonds is 6. The molecule has 0 saturated carbocycles. The van der Waals surface area contributed by atoms with Crippen LogP contribution < -0.4 is 4.74 Å². The summed E-state index contributed by atoms with van der Waals surface area (Å²) >= 11 is 0. The second-order valence-electron chi connectivity index (χ2n) is 3.93. The van der Waals surface area contributed by atoms with Gasteiger partial charge in [0.15, 0.2) is 0 Å². The van der Waals surface area contributed by atoms with E-state index in [0.29, 0.717) is 18.4 Å². The highest BCUT2D eigenvalue weighted by Crippen LogP contribution is 2.29. The molecule has 4 heteroatoms. The van der Waals surface area contributed by atoms with Gasteiger partial charge in [0.2, 0.25) is 0 Å². The van der Waals surface area contributed by atoms with Gasteiger partial charge >= 0.3 is 6.61 Å². The molecule has 0 aliphatic carbocycles. The van der Waals surface area contributed by atoms with Crippen LogP contribution in [0.3, 0.4) is 0 Å². The van der Waals surface area contributed by atoms with Crippen molar-refractivity contribution in [1.82, 2.24) is 0 Å². The van der Waals surface area contributed by atoms with Gasteiger partial charge in [-0.1, -0.05) is 23.8 Å². The van der Waals surface area contributed by atoms with Crippen molar-refractivity contribution in [2.75, 3.05) is 0 Å². The Bertz CT molecular complexity index is 377. The minimum Gasteiger partial charge on any atom is -0.434 e. The van der Waals surface area contributed by atoms with Crippen molar-refractivity contribution in [2.24, 2.45) is 0 Å². The molecule has 0 radical (unpaired) electrons. The molecule has 1 atom stereocenters. The summed E-state index contributed by atoms with van der Waals surface area (Å²) in [5.41, 5.74) is 1.32. The van der Waals surface area contributed by atoms with E-state index in [-0.39, 0.29) is 5.75 Å². The highest BCUT2D eigenvalue weighted by molar-refractivity contribution is 5.35. The molecular formula is C13H16F2O2. The predicted octanol–water partition coefficient (Wildman–Crippen LogP) is 3.68. The largest absolute Gasteiger partial charge is 0.434 e. The van der Waals surface area contributed by atoms with E-state index in [1.54, 1.807) is 18.2 Å². The van der Waals surface area contributed by atoms with Crippen molar-refractivity contribution in [2.45, 2.75) is 32.5 Å². The molecule has 0 aromatic heterocycles. The predicted molar refractivity (Wildman–Crippen MR) is 62.1 cm³/mol. The quantitative estimate of drug-likeness (QED) is 0.771. The third-order valence-electron chi connectivity index (χ3n) is 2.34. The molecule has 1 unspecified atom stereocenters. The zero-order valence-electron chi connectivity index (χ0n) is 9.70. The summed E-state index contributed by atoms with van der Waals surface area (Å²) in [6.45, 7) is 2.70. The molecule has 1 aromatic carbocycles. The van der Waals surface area contributed by atoms with E-state index >= 15 is 0 Å². The minimum atomic E-state index is -2.88. The van der Waals surface area contributed by atoms with Crippen molar-refractivity contribution in [3.8, 4) is 5.75 Å². The van der Waals surface area contributed by atoms with E-state index in [2.05, 4.69) is 11.3 Å². The van der Waals surface area contributed by atoms with E-state index < -0.39 is 12.7 Å². The van der Waals surface area contributed by atoms with Crippen LogP contribution >= 0.6 is 0 Å². The zero-order chi connectivity index (χ0) is 12.8. The smallest absolute Gasteiger partial charge is 0.387 e. The lowest BCUT2D eigenvalue weighted by molar-refractivity contribution is -0.0516. The van der Waals surface area contributed by atoms with Gasteiger partial charge in [-0.2, -0.15) is 8.78 Å². The van der Waals surface area contributed by atoms with Gasteiger partial charge in [-0.3, -0.25) is 0 Å². The third kappa shape index (κ3) is 4.53. The molecule has 17 heavy (non-hydrogen) atoms. The first-order valence-electron chi connectivity index (χ1n) is 5.37. The second-order valence-corrected chi connectivity index (χ2v) is 3.93. The molecule has 0 aliphatic heterocycles. The molecule has 0 saturated heterocycles. The molecular weight excluding hydrogens is 226 g/mol. The number of para-hydroxylation sites is 1. The Labute approximate surface area is 99.5 Å². The van der Waals surface area contributed by atoms with Crippen molar-refractivity contribution < 1.29 is 18.6 Å². The van der Waals surface area contributed by atoms with Gasteiger partial charge in [0.1, 0.15) is 5.75 Å². The summed E-state index contributed by atoms with van der Waals surface area (Å²) in [5.74, 6) is 0.0247. The Morgan fingerprint density at radius 2 is 2.06 bits per heavy atom. The maximum atomic E-state index is 12.2. The third-order valence-corrected chi connectivity index (χ3v) is 2.34. The SMILES string of the molecule is C=C(C)CCC(O)c1ccccc1OC(F)F. The lowest BCUT2D eigenvalue weighted by atomic mass is 10.0. The van der Waals surface area contributed by atoms with Crippen molar-refractivity contribution in [3.05, 3.63) is 42.0 Å². The van der Waals surface area contributed by atoms with Gasteiger partial charge in [0.05, 0.1) is 6.10 Å². The highest BCUT2D eigenvalue weighted by atomic mass is 19.3. The summed E-state index contributed by atoms with van der Waals surface area (Å²) in [6.07, 6.45) is 0.269. The first-order chi connectivity index (χ1) is 8.00. The van der Waals surface area contributed by atoms with Crippen LogP contribution in [0.1, 0.15) is 31.4 Å².